The molecule has 138 valence electrons. The number of anilines is 1. The van der Waals surface area contributed by atoms with Gasteiger partial charge in [-0.2, -0.15) is 0 Å². The van der Waals surface area contributed by atoms with Gasteiger partial charge in [-0.1, -0.05) is 39.3 Å². The normalized spacial score (nSPS) is 15.8. The van der Waals surface area contributed by atoms with Crippen LogP contribution >= 0.6 is 11.6 Å². The van der Waals surface area contributed by atoms with Crippen LogP contribution in [0, 0.1) is 11.8 Å². The monoisotopic (exact) mass is 366 g/mol. The molecule has 2 rings (SSSR count). The molecule has 2 amide bonds. The molecule has 5 nitrogen and oxygen atoms in total. The van der Waals surface area contributed by atoms with Crippen molar-refractivity contribution in [2.45, 2.75) is 46.6 Å². The minimum Gasteiger partial charge on any atom is -0.492 e. The number of nitrogens with one attached hydrogen (secondary N) is 1. The van der Waals surface area contributed by atoms with E-state index in [9.17, 15) is 9.59 Å². The van der Waals surface area contributed by atoms with Crippen molar-refractivity contribution >= 4 is 29.1 Å². The van der Waals surface area contributed by atoms with Crippen LogP contribution in [0.3, 0.4) is 0 Å². The van der Waals surface area contributed by atoms with Crippen molar-refractivity contribution in [2.75, 3.05) is 18.5 Å². The zero-order valence-electron chi connectivity index (χ0n) is 15.3. The minimum absolute atomic E-state index is 0.0335. The van der Waals surface area contributed by atoms with E-state index in [-0.39, 0.29) is 17.7 Å². The van der Waals surface area contributed by atoms with Gasteiger partial charge in [-0.25, -0.2) is 0 Å². The van der Waals surface area contributed by atoms with Gasteiger partial charge in [0, 0.05) is 18.7 Å². The maximum Gasteiger partial charge on any atom is 0.247 e. The lowest BCUT2D eigenvalue weighted by Gasteiger charge is -2.29. The molecule has 0 spiro atoms. The second kappa shape index (κ2) is 8.56. The Balaban J connectivity index is 2.07. The van der Waals surface area contributed by atoms with Crippen LogP contribution in [0.25, 0.3) is 0 Å². The average molecular weight is 367 g/mol. The van der Waals surface area contributed by atoms with E-state index in [4.69, 9.17) is 16.3 Å². The predicted octanol–water partition coefficient (Wildman–Crippen LogP) is 3.96. The largest absolute Gasteiger partial charge is 0.492 e. The molecule has 1 atom stereocenters. The van der Waals surface area contributed by atoms with Gasteiger partial charge in [-0.3, -0.25) is 9.59 Å². The Hall–Kier alpha value is -1.75. The van der Waals surface area contributed by atoms with Crippen molar-refractivity contribution < 1.29 is 14.3 Å². The molecule has 0 saturated carbocycles. The number of benzene rings is 1. The van der Waals surface area contributed by atoms with E-state index >= 15 is 0 Å². The molecule has 1 aromatic carbocycles. The molecule has 1 aliphatic rings. The van der Waals surface area contributed by atoms with Crippen molar-refractivity contribution in [2.24, 2.45) is 11.8 Å². The Morgan fingerprint density at radius 2 is 2.04 bits per heavy atom. The summed E-state index contributed by atoms with van der Waals surface area (Å²) < 4.78 is 5.64. The molecule has 0 aliphatic carbocycles. The summed E-state index contributed by atoms with van der Waals surface area (Å²) in [6.45, 7) is 9.25. The fourth-order valence-corrected chi connectivity index (χ4v) is 3.17. The van der Waals surface area contributed by atoms with E-state index in [1.165, 1.54) is 0 Å². The zero-order chi connectivity index (χ0) is 18.6. The van der Waals surface area contributed by atoms with Crippen LogP contribution in [0.5, 0.6) is 5.75 Å². The first-order valence-electron chi connectivity index (χ1n) is 8.82. The van der Waals surface area contributed by atoms with Crippen LogP contribution in [0.2, 0.25) is 5.02 Å². The SMILES string of the molecule is CC(C)COc1ccc(NC(=O)C(C(C)C)N2CCCC2=O)cc1Cl. The summed E-state index contributed by atoms with van der Waals surface area (Å²) in [5, 5.41) is 3.34. The third-order valence-electron chi connectivity index (χ3n) is 4.12. The number of nitrogens with zero attached hydrogens (tertiary/aromatic N) is 1. The Labute approximate surface area is 154 Å². The molecule has 1 heterocycles. The topological polar surface area (TPSA) is 58.6 Å². The molecule has 1 saturated heterocycles. The summed E-state index contributed by atoms with van der Waals surface area (Å²) in [5.74, 6) is 0.899. The number of likely N-dealkylation sites (tertiary alicyclic amines) is 1. The number of amides is 2. The van der Waals surface area contributed by atoms with Crippen molar-refractivity contribution in [3.05, 3.63) is 23.2 Å². The van der Waals surface area contributed by atoms with Gasteiger partial charge in [-0.15, -0.1) is 0 Å². The molecule has 0 aromatic heterocycles. The zero-order valence-corrected chi connectivity index (χ0v) is 16.1. The molecular weight excluding hydrogens is 340 g/mol. The van der Waals surface area contributed by atoms with Gasteiger partial charge in [0.25, 0.3) is 0 Å². The lowest BCUT2D eigenvalue weighted by Crippen LogP contribution is -2.47. The van der Waals surface area contributed by atoms with Gasteiger partial charge in [0.2, 0.25) is 11.8 Å². The molecule has 25 heavy (non-hydrogen) atoms. The van der Waals surface area contributed by atoms with E-state index in [0.29, 0.717) is 41.9 Å². The van der Waals surface area contributed by atoms with Crippen molar-refractivity contribution in [1.82, 2.24) is 4.90 Å². The molecule has 1 fully saturated rings. The highest BCUT2D eigenvalue weighted by Crippen LogP contribution is 2.29. The first-order valence-corrected chi connectivity index (χ1v) is 9.20. The summed E-state index contributed by atoms with van der Waals surface area (Å²) in [6.07, 6.45) is 1.33. The second-order valence-corrected chi connectivity index (χ2v) is 7.63. The fraction of sp³-hybridized carbons (Fsp3) is 0.579. The number of ether oxygens (including phenoxy) is 1. The van der Waals surface area contributed by atoms with Gasteiger partial charge in [0.1, 0.15) is 11.8 Å². The fourth-order valence-electron chi connectivity index (χ4n) is 2.94. The van der Waals surface area contributed by atoms with Crippen LogP contribution in [0.1, 0.15) is 40.5 Å². The smallest absolute Gasteiger partial charge is 0.247 e. The van der Waals surface area contributed by atoms with Gasteiger partial charge in [-0.05, 0) is 36.5 Å². The minimum atomic E-state index is -0.467. The Bertz CT molecular complexity index is 631. The predicted molar refractivity (Wildman–Crippen MR) is 100.0 cm³/mol. The Kier molecular flexibility index (Phi) is 6.71. The summed E-state index contributed by atoms with van der Waals surface area (Å²) in [7, 11) is 0. The van der Waals surface area contributed by atoms with E-state index in [1.807, 2.05) is 13.8 Å². The molecule has 0 bridgehead atoms. The first-order chi connectivity index (χ1) is 11.8. The van der Waals surface area contributed by atoms with E-state index in [0.717, 1.165) is 6.42 Å². The number of rotatable bonds is 7. The van der Waals surface area contributed by atoms with Gasteiger partial charge >= 0.3 is 0 Å². The number of hydrogen-bond donors (Lipinski definition) is 1. The van der Waals surface area contributed by atoms with Crippen LogP contribution in [-0.4, -0.2) is 35.9 Å². The third-order valence-corrected chi connectivity index (χ3v) is 4.41. The highest BCUT2D eigenvalue weighted by molar-refractivity contribution is 6.32. The maximum absolute atomic E-state index is 12.7. The van der Waals surface area contributed by atoms with Gasteiger partial charge < -0.3 is 15.0 Å². The lowest BCUT2D eigenvalue weighted by atomic mass is 10.0. The molecule has 1 unspecified atom stereocenters. The summed E-state index contributed by atoms with van der Waals surface area (Å²) in [6, 6.07) is 4.73. The highest BCUT2D eigenvalue weighted by atomic mass is 35.5. The summed E-state index contributed by atoms with van der Waals surface area (Å²) in [4.78, 5) is 26.4. The number of carbonyl (C=O) groups excluding carboxylic acids is 2. The van der Waals surface area contributed by atoms with Crippen molar-refractivity contribution in [3.63, 3.8) is 0 Å². The number of hydrogen-bond acceptors (Lipinski definition) is 3. The van der Waals surface area contributed by atoms with Gasteiger partial charge in [0.05, 0.1) is 11.6 Å². The van der Waals surface area contributed by atoms with Gasteiger partial charge in [0.15, 0.2) is 0 Å². The summed E-state index contributed by atoms with van der Waals surface area (Å²) >= 11 is 6.25. The van der Waals surface area contributed by atoms with Crippen molar-refractivity contribution in [3.8, 4) is 5.75 Å². The first kappa shape index (κ1) is 19.6. The number of halogens is 1. The van der Waals surface area contributed by atoms with E-state index in [2.05, 4.69) is 19.2 Å². The number of carbonyl (C=O) groups is 2. The standard InChI is InChI=1S/C19H27ClN2O3/c1-12(2)11-25-16-8-7-14(10-15(16)20)21-19(24)18(13(3)4)22-9-5-6-17(22)23/h7-8,10,12-13,18H,5-6,9,11H2,1-4H3,(H,21,24). The molecule has 0 radical (unpaired) electrons. The van der Waals surface area contributed by atoms with Crippen LogP contribution in [-0.2, 0) is 9.59 Å². The second-order valence-electron chi connectivity index (χ2n) is 7.22. The highest BCUT2D eigenvalue weighted by Gasteiger charge is 2.34. The summed E-state index contributed by atoms with van der Waals surface area (Å²) in [5.41, 5.74) is 0.601. The quantitative estimate of drug-likeness (QED) is 0.794. The molecule has 1 aromatic rings. The molecule has 1 N–H and O–H groups in total. The van der Waals surface area contributed by atoms with Crippen LogP contribution < -0.4 is 10.1 Å². The third kappa shape index (κ3) is 5.11. The molecule has 6 heteroatoms. The van der Waals surface area contributed by atoms with Crippen molar-refractivity contribution in [1.29, 1.82) is 0 Å². The van der Waals surface area contributed by atoms with Crippen LogP contribution in [0.4, 0.5) is 5.69 Å². The Morgan fingerprint density at radius 1 is 1.32 bits per heavy atom. The van der Waals surface area contributed by atoms with E-state index < -0.39 is 6.04 Å². The Morgan fingerprint density at radius 3 is 2.56 bits per heavy atom. The lowest BCUT2D eigenvalue weighted by molar-refractivity contribution is -0.136. The van der Waals surface area contributed by atoms with E-state index in [1.54, 1.807) is 23.1 Å². The maximum atomic E-state index is 12.7. The molecular formula is C19H27ClN2O3. The molecule has 1 aliphatic heterocycles. The van der Waals surface area contributed by atoms with Crippen LogP contribution in [0.15, 0.2) is 18.2 Å². The average Bonchev–Trinajstić information content (AvgIpc) is 2.92.